The molecule has 2 rings (SSSR count). The zero-order valence-electron chi connectivity index (χ0n) is 10.7. The third kappa shape index (κ3) is 3.09. The van der Waals surface area contributed by atoms with Crippen LogP contribution in [0, 0.1) is 6.92 Å². The number of rotatable bonds is 4. The number of hydrogen-bond donors (Lipinski definition) is 0. The molecule has 1 heterocycles. The molecular formula is C13H16ClN3O. The molecular weight excluding hydrogens is 250 g/mol. The number of nitrogens with zero attached hydrogens (tertiary/aromatic N) is 3. The SMILES string of the molecule is Cc1noc(CN(C)C(C)c2ccc(Cl)cc2)n1. The first kappa shape index (κ1) is 13.1. The van der Waals surface area contributed by atoms with E-state index >= 15 is 0 Å². The molecule has 0 aliphatic heterocycles. The second-order valence-electron chi connectivity index (χ2n) is 4.38. The van der Waals surface area contributed by atoms with E-state index in [0.717, 1.165) is 5.02 Å². The minimum atomic E-state index is 0.259. The number of benzene rings is 1. The summed E-state index contributed by atoms with van der Waals surface area (Å²) in [6.45, 7) is 4.58. The first-order chi connectivity index (χ1) is 8.56. The van der Waals surface area contributed by atoms with Gasteiger partial charge < -0.3 is 4.52 Å². The van der Waals surface area contributed by atoms with Crippen molar-refractivity contribution in [1.82, 2.24) is 15.0 Å². The van der Waals surface area contributed by atoms with Crippen molar-refractivity contribution in [1.29, 1.82) is 0 Å². The van der Waals surface area contributed by atoms with Crippen molar-refractivity contribution in [2.75, 3.05) is 7.05 Å². The fourth-order valence-electron chi connectivity index (χ4n) is 1.75. The van der Waals surface area contributed by atoms with Crippen LogP contribution in [0.2, 0.25) is 5.02 Å². The van der Waals surface area contributed by atoms with Crippen molar-refractivity contribution in [3.05, 3.63) is 46.6 Å². The molecule has 0 N–H and O–H groups in total. The molecule has 2 aromatic rings. The number of hydrogen-bond acceptors (Lipinski definition) is 4. The van der Waals surface area contributed by atoms with Gasteiger partial charge >= 0.3 is 0 Å². The molecule has 0 aliphatic rings. The van der Waals surface area contributed by atoms with Crippen LogP contribution in [0.25, 0.3) is 0 Å². The lowest BCUT2D eigenvalue weighted by Crippen LogP contribution is -2.22. The van der Waals surface area contributed by atoms with Gasteiger partial charge in [-0.3, -0.25) is 4.90 Å². The van der Waals surface area contributed by atoms with Crippen LogP contribution in [0.5, 0.6) is 0 Å². The number of halogens is 1. The highest BCUT2D eigenvalue weighted by atomic mass is 35.5. The van der Waals surface area contributed by atoms with E-state index in [1.54, 1.807) is 0 Å². The van der Waals surface area contributed by atoms with E-state index in [-0.39, 0.29) is 6.04 Å². The van der Waals surface area contributed by atoms with Gasteiger partial charge in [0, 0.05) is 11.1 Å². The van der Waals surface area contributed by atoms with Gasteiger partial charge in [-0.2, -0.15) is 4.98 Å². The van der Waals surface area contributed by atoms with Crippen molar-refractivity contribution in [2.45, 2.75) is 26.4 Å². The summed E-state index contributed by atoms with van der Waals surface area (Å²) in [6, 6.07) is 8.12. The molecule has 0 fully saturated rings. The van der Waals surface area contributed by atoms with Gasteiger partial charge in [-0.25, -0.2) is 0 Å². The van der Waals surface area contributed by atoms with Gasteiger partial charge in [0.2, 0.25) is 5.89 Å². The van der Waals surface area contributed by atoms with E-state index in [2.05, 4.69) is 22.0 Å². The Morgan fingerprint density at radius 1 is 1.33 bits per heavy atom. The van der Waals surface area contributed by atoms with Crippen molar-refractivity contribution in [2.24, 2.45) is 0 Å². The normalized spacial score (nSPS) is 12.9. The number of aryl methyl sites for hydroxylation is 1. The summed E-state index contributed by atoms with van der Waals surface area (Å²) >= 11 is 5.88. The molecule has 0 spiro atoms. The van der Waals surface area contributed by atoms with Gasteiger partial charge in [0.05, 0.1) is 6.54 Å². The third-order valence-electron chi connectivity index (χ3n) is 2.97. The second-order valence-corrected chi connectivity index (χ2v) is 4.81. The lowest BCUT2D eigenvalue weighted by molar-refractivity contribution is 0.216. The zero-order chi connectivity index (χ0) is 13.1. The predicted molar refractivity (Wildman–Crippen MR) is 70.4 cm³/mol. The van der Waals surface area contributed by atoms with Crippen LogP contribution in [0.1, 0.15) is 30.2 Å². The molecule has 0 amide bonds. The minimum absolute atomic E-state index is 0.259. The molecule has 0 saturated carbocycles. The van der Waals surface area contributed by atoms with Crippen molar-refractivity contribution >= 4 is 11.6 Å². The van der Waals surface area contributed by atoms with Gasteiger partial charge in [-0.1, -0.05) is 28.9 Å². The Morgan fingerprint density at radius 2 is 2.00 bits per heavy atom. The molecule has 18 heavy (non-hydrogen) atoms. The smallest absolute Gasteiger partial charge is 0.240 e. The first-order valence-corrected chi connectivity index (χ1v) is 6.19. The average Bonchev–Trinajstić information content (AvgIpc) is 2.75. The van der Waals surface area contributed by atoms with E-state index in [0.29, 0.717) is 18.3 Å². The van der Waals surface area contributed by atoms with Crippen LogP contribution >= 0.6 is 11.6 Å². The monoisotopic (exact) mass is 265 g/mol. The van der Waals surface area contributed by atoms with Gasteiger partial charge in [-0.15, -0.1) is 0 Å². The van der Waals surface area contributed by atoms with Gasteiger partial charge in [0.1, 0.15) is 0 Å². The molecule has 1 unspecified atom stereocenters. The summed E-state index contributed by atoms with van der Waals surface area (Å²) in [5.41, 5.74) is 1.21. The van der Waals surface area contributed by atoms with E-state index in [9.17, 15) is 0 Å². The molecule has 1 aromatic carbocycles. The van der Waals surface area contributed by atoms with Gasteiger partial charge in [0.15, 0.2) is 5.82 Å². The summed E-state index contributed by atoms with van der Waals surface area (Å²) in [5, 5.41) is 4.53. The van der Waals surface area contributed by atoms with Crippen LogP contribution in [-0.4, -0.2) is 22.1 Å². The van der Waals surface area contributed by atoms with E-state index in [1.165, 1.54) is 5.56 Å². The molecule has 1 aromatic heterocycles. The molecule has 4 nitrogen and oxygen atoms in total. The maximum Gasteiger partial charge on any atom is 0.240 e. The summed E-state index contributed by atoms with van der Waals surface area (Å²) in [5.74, 6) is 1.30. The Kier molecular flexibility index (Phi) is 3.99. The molecule has 0 saturated heterocycles. The minimum Gasteiger partial charge on any atom is -0.338 e. The average molecular weight is 266 g/mol. The molecule has 0 radical (unpaired) electrons. The van der Waals surface area contributed by atoms with E-state index < -0.39 is 0 Å². The summed E-state index contributed by atoms with van der Waals surface area (Å²) < 4.78 is 5.12. The Morgan fingerprint density at radius 3 is 2.56 bits per heavy atom. The Labute approximate surface area is 112 Å². The largest absolute Gasteiger partial charge is 0.338 e. The third-order valence-corrected chi connectivity index (χ3v) is 3.22. The van der Waals surface area contributed by atoms with Crippen LogP contribution in [-0.2, 0) is 6.54 Å². The fourth-order valence-corrected chi connectivity index (χ4v) is 1.88. The quantitative estimate of drug-likeness (QED) is 0.851. The lowest BCUT2D eigenvalue weighted by atomic mass is 10.1. The van der Waals surface area contributed by atoms with Gasteiger partial charge in [0.25, 0.3) is 0 Å². The summed E-state index contributed by atoms with van der Waals surface area (Å²) in [6.07, 6.45) is 0. The Hall–Kier alpha value is -1.39. The maximum absolute atomic E-state index is 5.88. The first-order valence-electron chi connectivity index (χ1n) is 5.81. The lowest BCUT2D eigenvalue weighted by Gasteiger charge is -2.23. The van der Waals surface area contributed by atoms with Crippen LogP contribution < -0.4 is 0 Å². The Bertz CT molecular complexity index is 509. The van der Waals surface area contributed by atoms with Gasteiger partial charge in [-0.05, 0) is 38.6 Å². The maximum atomic E-state index is 5.88. The van der Waals surface area contributed by atoms with Crippen molar-refractivity contribution in [3.63, 3.8) is 0 Å². The zero-order valence-corrected chi connectivity index (χ0v) is 11.5. The topological polar surface area (TPSA) is 42.2 Å². The fraction of sp³-hybridized carbons (Fsp3) is 0.385. The highest BCUT2D eigenvalue weighted by molar-refractivity contribution is 6.30. The standard InChI is InChI=1S/C13H16ClN3O/c1-9(11-4-6-12(14)7-5-11)17(3)8-13-15-10(2)16-18-13/h4-7,9H,8H2,1-3H3. The predicted octanol–water partition coefficient (Wildman–Crippen LogP) is 3.22. The number of aromatic nitrogens is 2. The highest BCUT2D eigenvalue weighted by Gasteiger charge is 2.14. The van der Waals surface area contributed by atoms with Crippen molar-refractivity contribution < 1.29 is 4.52 Å². The van der Waals surface area contributed by atoms with Crippen molar-refractivity contribution in [3.8, 4) is 0 Å². The Balaban J connectivity index is 2.04. The molecule has 1 atom stereocenters. The summed E-state index contributed by atoms with van der Waals surface area (Å²) in [7, 11) is 2.03. The molecule has 5 heteroatoms. The van der Waals surface area contributed by atoms with E-state index in [4.69, 9.17) is 16.1 Å². The van der Waals surface area contributed by atoms with Crippen LogP contribution in [0.15, 0.2) is 28.8 Å². The molecule has 0 bridgehead atoms. The van der Waals surface area contributed by atoms with Crippen LogP contribution in [0.3, 0.4) is 0 Å². The molecule has 0 aliphatic carbocycles. The second kappa shape index (κ2) is 5.50. The molecule has 96 valence electrons. The van der Waals surface area contributed by atoms with Crippen LogP contribution in [0.4, 0.5) is 0 Å². The van der Waals surface area contributed by atoms with E-state index in [1.807, 2.05) is 38.2 Å². The summed E-state index contributed by atoms with van der Waals surface area (Å²) in [4.78, 5) is 6.35. The highest BCUT2D eigenvalue weighted by Crippen LogP contribution is 2.21.